The summed E-state index contributed by atoms with van der Waals surface area (Å²) >= 11 is 5.90. The molecule has 30 heavy (non-hydrogen) atoms. The molecule has 3 aromatic rings. The van der Waals surface area contributed by atoms with Gasteiger partial charge >= 0.3 is 0 Å². The molecule has 0 unspecified atom stereocenters. The smallest absolute Gasteiger partial charge is 0.253 e. The molecule has 7 heteroatoms. The summed E-state index contributed by atoms with van der Waals surface area (Å²) in [7, 11) is 0. The summed E-state index contributed by atoms with van der Waals surface area (Å²) in [4.78, 5) is 30.8. The van der Waals surface area contributed by atoms with E-state index in [1.807, 2.05) is 26.0 Å². The second-order valence-electron chi connectivity index (χ2n) is 6.73. The van der Waals surface area contributed by atoms with Crippen LogP contribution in [0.1, 0.15) is 36.5 Å². The van der Waals surface area contributed by atoms with Gasteiger partial charge in [-0.15, -0.1) is 0 Å². The van der Waals surface area contributed by atoms with Gasteiger partial charge in [-0.05, 0) is 56.3 Å². The molecule has 1 aromatic heterocycles. The van der Waals surface area contributed by atoms with Gasteiger partial charge in [0.1, 0.15) is 0 Å². The van der Waals surface area contributed by atoms with Gasteiger partial charge in [0.25, 0.3) is 5.91 Å². The largest absolute Gasteiger partial charge is 0.441 e. The Balaban J connectivity index is 1.57. The first kappa shape index (κ1) is 21.6. The number of carbonyl (C=O) groups is 2. The monoisotopic (exact) mass is 425 g/mol. The van der Waals surface area contributed by atoms with Gasteiger partial charge < -0.3 is 14.6 Å². The number of aromatic nitrogens is 1. The van der Waals surface area contributed by atoms with Crippen LogP contribution in [0.4, 0.5) is 5.69 Å². The van der Waals surface area contributed by atoms with Crippen LogP contribution in [0.2, 0.25) is 5.02 Å². The Kier molecular flexibility index (Phi) is 7.25. The Hall–Kier alpha value is -3.12. The summed E-state index contributed by atoms with van der Waals surface area (Å²) < 4.78 is 5.73. The number of carbonyl (C=O) groups excluding carboxylic acids is 2. The molecule has 1 N–H and O–H groups in total. The quantitative estimate of drug-likeness (QED) is 0.548. The van der Waals surface area contributed by atoms with E-state index in [0.29, 0.717) is 47.4 Å². The molecule has 0 radical (unpaired) electrons. The summed E-state index contributed by atoms with van der Waals surface area (Å²) in [5.74, 6) is 0.893. The maximum atomic E-state index is 12.5. The third-order valence-corrected chi connectivity index (χ3v) is 4.94. The molecule has 3 rings (SSSR count). The van der Waals surface area contributed by atoms with E-state index >= 15 is 0 Å². The molecule has 0 saturated carbocycles. The van der Waals surface area contributed by atoms with Gasteiger partial charge in [0.15, 0.2) is 11.7 Å². The Bertz CT molecular complexity index is 1010. The van der Waals surface area contributed by atoms with Crippen LogP contribution in [-0.2, 0) is 11.2 Å². The number of benzene rings is 2. The zero-order chi connectivity index (χ0) is 21.5. The molecule has 0 aliphatic carbocycles. The minimum Gasteiger partial charge on any atom is -0.441 e. The minimum absolute atomic E-state index is 0.0504. The predicted octanol–water partition coefficient (Wildman–Crippen LogP) is 5.05. The lowest BCUT2D eigenvalue weighted by Gasteiger charge is -2.19. The zero-order valence-electron chi connectivity index (χ0n) is 17.0. The van der Waals surface area contributed by atoms with Gasteiger partial charge in [-0.2, -0.15) is 0 Å². The fraction of sp³-hybridized carbons (Fsp3) is 0.261. The van der Waals surface area contributed by atoms with Crippen LogP contribution >= 0.6 is 11.6 Å². The number of hydrogen-bond donors (Lipinski definition) is 1. The van der Waals surface area contributed by atoms with Crippen molar-refractivity contribution in [3.8, 4) is 11.3 Å². The molecule has 1 heterocycles. The summed E-state index contributed by atoms with van der Waals surface area (Å²) in [5.41, 5.74) is 2.02. The van der Waals surface area contributed by atoms with Crippen molar-refractivity contribution in [2.75, 3.05) is 18.4 Å². The number of hydrogen-bond acceptors (Lipinski definition) is 4. The second kappa shape index (κ2) is 10.1. The molecule has 0 bridgehead atoms. The van der Waals surface area contributed by atoms with E-state index < -0.39 is 0 Å². The molecule has 0 aliphatic heterocycles. The van der Waals surface area contributed by atoms with Crippen LogP contribution in [-0.4, -0.2) is 34.8 Å². The molecule has 2 amide bonds. The molecule has 0 atom stereocenters. The zero-order valence-corrected chi connectivity index (χ0v) is 17.8. The molecule has 156 valence electrons. The van der Waals surface area contributed by atoms with Gasteiger partial charge in [0.2, 0.25) is 5.91 Å². The molecule has 2 aromatic carbocycles. The molecule has 0 spiro atoms. The molecular formula is C23H24ClN3O3. The fourth-order valence-corrected chi connectivity index (χ4v) is 3.17. The average Bonchev–Trinajstić information content (AvgIpc) is 3.23. The van der Waals surface area contributed by atoms with Crippen LogP contribution < -0.4 is 5.32 Å². The topological polar surface area (TPSA) is 75.4 Å². The lowest BCUT2D eigenvalue weighted by atomic mass is 10.1. The predicted molar refractivity (Wildman–Crippen MR) is 118 cm³/mol. The van der Waals surface area contributed by atoms with Crippen LogP contribution in [0.15, 0.2) is 59.1 Å². The van der Waals surface area contributed by atoms with E-state index in [1.54, 1.807) is 47.5 Å². The van der Waals surface area contributed by atoms with Crippen LogP contribution in [0.25, 0.3) is 11.3 Å². The number of nitrogens with one attached hydrogen (secondary N) is 1. The first-order valence-electron chi connectivity index (χ1n) is 9.90. The normalized spacial score (nSPS) is 10.6. The van der Waals surface area contributed by atoms with Crippen molar-refractivity contribution in [3.05, 3.63) is 71.2 Å². The van der Waals surface area contributed by atoms with E-state index in [0.717, 1.165) is 5.56 Å². The molecule has 0 fully saturated rings. The number of oxazole rings is 1. The average molecular weight is 426 g/mol. The summed E-state index contributed by atoms with van der Waals surface area (Å²) in [6.45, 7) is 5.16. The Morgan fingerprint density at radius 3 is 2.53 bits per heavy atom. The Morgan fingerprint density at radius 2 is 1.83 bits per heavy atom. The lowest BCUT2D eigenvalue weighted by Crippen LogP contribution is -2.30. The number of rotatable bonds is 8. The second-order valence-corrected chi connectivity index (χ2v) is 7.17. The molecular weight excluding hydrogens is 402 g/mol. The van der Waals surface area contributed by atoms with Crippen LogP contribution in [0.5, 0.6) is 0 Å². The van der Waals surface area contributed by atoms with Gasteiger partial charge in [0.05, 0.1) is 6.20 Å². The van der Waals surface area contributed by atoms with Crippen molar-refractivity contribution in [2.45, 2.75) is 26.7 Å². The highest BCUT2D eigenvalue weighted by atomic mass is 35.5. The number of amides is 2. The third kappa shape index (κ3) is 5.48. The Morgan fingerprint density at radius 1 is 1.10 bits per heavy atom. The van der Waals surface area contributed by atoms with Crippen molar-refractivity contribution in [3.63, 3.8) is 0 Å². The highest BCUT2D eigenvalue weighted by Crippen LogP contribution is 2.23. The minimum atomic E-state index is -0.173. The third-order valence-electron chi connectivity index (χ3n) is 4.69. The Labute approximate surface area is 180 Å². The SMILES string of the molecule is CCN(CC)C(=O)c1cccc(NC(=O)CCc2ncc(-c3ccc(Cl)cc3)o2)c1. The van der Waals surface area contributed by atoms with E-state index in [2.05, 4.69) is 10.3 Å². The van der Waals surface area contributed by atoms with Gasteiger partial charge in [-0.1, -0.05) is 17.7 Å². The van der Waals surface area contributed by atoms with E-state index in [9.17, 15) is 9.59 Å². The van der Waals surface area contributed by atoms with E-state index in [4.69, 9.17) is 16.0 Å². The first-order chi connectivity index (χ1) is 14.5. The lowest BCUT2D eigenvalue weighted by molar-refractivity contribution is -0.116. The van der Waals surface area contributed by atoms with E-state index in [1.165, 1.54) is 0 Å². The van der Waals surface area contributed by atoms with E-state index in [-0.39, 0.29) is 18.2 Å². The summed E-state index contributed by atoms with van der Waals surface area (Å²) in [6, 6.07) is 14.2. The van der Waals surface area contributed by atoms with Crippen molar-refractivity contribution >= 4 is 29.1 Å². The maximum Gasteiger partial charge on any atom is 0.253 e. The van der Waals surface area contributed by atoms with Crippen molar-refractivity contribution in [2.24, 2.45) is 0 Å². The van der Waals surface area contributed by atoms with Gasteiger partial charge in [-0.25, -0.2) is 4.98 Å². The highest BCUT2D eigenvalue weighted by Gasteiger charge is 2.14. The molecule has 6 nitrogen and oxygen atoms in total. The highest BCUT2D eigenvalue weighted by molar-refractivity contribution is 6.30. The molecule has 0 aliphatic rings. The summed E-state index contributed by atoms with van der Waals surface area (Å²) in [5, 5.41) is 3.48. The van der Waals surface area contributed by atoms with Gasteiger partial charge in [0, 0.05) is 47.8 Å². The molecule has 0 saturated heterocycles. The number of anilines is 1. The number of nitrogens with zero attached hydrogens (tertiary/aromatic N) is 2. The van der Waals surface area contributed by atoms with Gasteiger partial charge in [-0.3, -0.25) is 9.59 Å². The number of halogens is 1. The van der Waals surface area contributed by atoms with Crippen molar-refractivity contribution in [1.29, 1.82) is 0 Å². The van der Waals surface area contributed by atoms with Crippen LogP contribution in [0, 0.1) is 0 Å². The van der Waals surface area contributed by atoms with Crippen molar-refractivity contribution < 1.29 is 14.0 Å². The fourth-order valence-electron chi connectivity index (χ4n) is 3.04. The summed E-state index contributed by atoms with van der Waals surface area (Å²) in [6.07, 6.45) is 2.23. The number of aryl methyl sites for hydroxylation is 1. The first-order valence-corrected chi connectivity index (χ1v) is 10.3. The maximum absolute atomic E-state index is 12.5. The van der Waals surface area contributed by atoms with Crippen LogP contribution in [0.3, 0.4) is 0 Å². The standard InChI is InChI=1S/C23H24ClN3O3/c1-3-27(4-2)23(29)17-6-5-7-19(14-17)26-21(28)12-13-22-25-15-20(30-22)16-8-10-18(24)11-9-16/h5-11,14-15H,3-4,12-13H2,1-2H3,(H,26,28). The van der Waals surface area contributed by atoms with Crippen molar-refractivity contribution in [1.82, 2.24) is 9.88 Å².